The minimum Gasteiger partial charge on any atom is -0.464 e. The number of nitriles is 1. The maximum atomic E-state index is 13.0. The Morgan fingerprint density at radius 3 is 2.92 bits per heavy atom. The number of nitrogens with two attached hydrogens (primary N) is 1. The summed E-state index contributed by atoms with van der Waals surface area (Å²) in [6, 6.07) is 9.15. The molecular formula is C18H13N3O3S2. The fraction of sp³-hybridized carbons (Fsp3) is 0.167. The highest BCUT2D eigenvalue weighted by Gasteiger charge is 2.30. The number of hydrogen-bond acceptors (Lipinski definition) is 8. The number of rotatable bonds is 4. The van der Waals surface area contributed by atoms with Gasteiger partial charge in [-0.2, -0.15) is 5.26 Å². The van der Waals surface area contributed by atoms with Crippen molar-refractivity contribution in [3.8, 4) is 6.07 Å². The van der Waals surface area contributed by atoms with Crippen LogP contribution in [0.15, 0.2) is 29.6 Å². The van der Waals surface area contributed by atoms with Gasteiger partial charge in [0, 0.05) is 27.5 Å². The highest BCUT2D eigenvalue weighted by Crippen LogP contribution is 2.39. The Labute approximate surface area is 156 Å². The normalized spacial score (nSPS) is 16.4. The number of esters is 1. The van der Waals surface area contributed by atoms with Crippen molar-refractivity contribution in [2.24, 2.45) is 0 Å². The summed E-state index contributed by atoms with van der Waals surface area (Å²) >= 11 is 2.59. The highest BCUT2D eigenvalue weighted by molar-refractivity contribution is 7.20. The first kappa shape index (κ1) is 16.6. The molecule has 0 radical (unpaired) electrons. The molecule has 3 heterocycles. The van der Waals surface area contributed by atoms with Gasteiger partial charge in [-0.05, 0) is 6.07 Å². The van der Waals surface area contributed by atoms with Crippen LogP contribution in [0.5, 0.6) is 0 Å². The van der Waals surface area contributed by atoms with Gasteiger partial charge in [-0.3, -0.25) is 4.79 Å². The summed E-state index contributed by atoms with van der Waals surface area (Å²) in [5.41, 5.74) is 6.99. The number of nitrogens with one attached hydrogen (secondary N) is 1. The third-order valence-electron chi connectivity index (χ3n) is 4.23. The first-order valence-corrected chi connectivity index (χ1v) is 9.56. The number of benzene rings is 1. The van der Waals surface area contributed by atoms with Crippen molar-refractivity contribution in [2.75, 3.05) is 17.7 Å². The Morgan fingerprint density at radius 1 is 1.38 bits per heavy atom. The van der Waals surface area contributed by atoms with Crippen molar-refractivity contribution in [2.45, 2.75) is 12.5 Å². The van der Waals surface area contributed by atoms with Crippen LogP contribution in [0.4, 0.5) is 10.7 Å². The second-order valence-electron chi connectivity index (χ2n) is 5.79. The number of anilines is 2. The molecule has 1 aromatic carbocycles. The van der Waals surface area contributed by atoms with Gasteiger partial charge in [0.05, 0.1) is 12.3 Å². The molecule has 0 spiro atoms. The van der Waals surface area contributed by atoms with Crippen LogP contribution < -0.4 is 11.1 Å². The predicted octanol–water partition coefficient (Wildman–Crippen LogP) is 3.38. The molecule has 1 fully saturated rings. The Morgan fingerprint density at radius 2 is 2.19 bits per heavy atom. The van der Waals surface area contributed by atoms with E-state index in [0.717, 1.165) is 21.4 Å². The molecule has 0 aliphatic carbocycles. The fourth-order valence-corrected chi connectivity index (χ4v) is 4.90. The molecule has 0 amide bonds. The maximum Gasteiger partial charge on any atom is 0.328 e. The molecule has 130 valence electrons. The standard InChI is InChI=1S/C18H13N3O3S2/c19-7-10-14(20)16(26-17(10)21-12-5-6-24-18(12)23)15(22)11-8-25-13-4-2-1-3-9(11)13/h1-4,8,12,21H,5-6,20H2. The first-order valence-electron chi connectivity index (χ1n) is 7.86. The van der Waals surface area contributed by atoms with Crippen molar-refractivity contribution in [3.63, 3.8) is 0 Å². The summed E-state index contributed by atoms with van der Waals surface area (Å²) in [6.45, 7) is 0.339. The summed E-state index contributed by atoms with van der Waals surface area (Å²) in [6.07, 6.45) is 0.514. The number of ketones is 1. The number of cyclic esters (lactones) is 1. The molecular weight excluding hydrogens is 370 g/mol. The van der Waals surface area contributed by atoms with Crippen LogP contribution in [0.2, 0.25) is 0 Å². The lowest BCUT2D eigenvalue weighted by atomic mass is 10.1. The van der Waals surface area contributed by atoms with Crippen LogP contribution in [0.1, 0.15) is 27.2 Å². The van der Waals surface area contributed by atoms with E-state index in [1.165, 1.54) is 11.3 Å². The molecule has 3 N–H and O–H groups in total. The molecule has 4 rings (SSSR count). The van der Waals surface area contributed by atoms with E-state index in [0.29, 0.717) is 28.5 Å². The van der Waals surface area contributed by atoms with Gasteiger partial charge >= 0.3 is 5.97 Å². The van der Waals surface area contributed by atoms with E-state index in [9.17, 15) is 14.9 Å². The molecule has 1 unspecified atom stereocenters. The van der Waals surface area contributed by atoms with Crippen LogP contribution >= 0.6 is 22.7 Å². The summed E-state index contributed by atoms with van der Waals surface area (Å²) in [4.78, 5) is 25.0. The van der Waals surface area contributed by atoms with Gasteiger partial charge in [-0.1, -0.05) is 18.2 Å². The molecule has 6 nitrogen and oxygen atoms in total. The van der Waals surface area contributed by atoms with Gasteiger partial charge in [-0.15, -0.1) is 22.7 Å². The largest absolute Gasteiger partial charge is 0.464 e. The molecule has 8 heteroatoms. The van der Waals surface area contributed by atoms with Gasteiger partial charge in [0.1, 0.15) is 27.6 Å². The van der Waals surface area contributed by atoms with Crippen LogP contribution in [0.25, 0.3) is 10.1 Å². The van der Waals surface area contributed by atoms with Crippen molar-refractivity contribution in [1.82, 2.24) is 0 Å². The molecule has 2 aromatic heterocycles. The lowest BCUT2D eigenvalue weighted by Crippen LogP contribution is -2.24. The lowest BCUT2D eigenvalue weighted by molar-refractivity contribution is -0.138. The number of carbonyl (C=O) groups excluding carboxylic acids is 2. The van der Waals surface area contributed by atoms with Gasteiger partial charge in [0.25, 0.3) is 0 Å². The summed E-state index contributed by atoms with van der Waals surface area (Å²) in [7, 11) is 0. The van der Waals surface area contributed by atoms with Crippen molar-refractivity contribution < 1.29 is 14.3 Å². The zero-order valence-electron chi connectivity index (χ0n) is 13.4. The van der Waals surface area contributed by atoms with Crippen LogP contribution in [0.3, 0.4) is 0 Å². The average molecular weight is 383 g/mol. The van der Waals surface area contributed by atoms with Crippen LogP contribution in [-0.4, -0.2) is 24.4 Å². The number of nitrogen functional groups attached to an aromatic ring is 1. The molecule has 1 atom stereocenters. The third-order valence-corrected chi connectivity index (χ3v) is 6.33. The van der Waals surface area contributed by atoms with Crippen molar-refractivity contribution in [3.05, 3.63) is 45.6 Å². The Kier molecular flexibility index (Phi) is 4.11. The van der Waals surface area contributed by atoms with E-state index in [2.05, 4.69) is 5.32 Å². The van der Waals surface area contributed by atoms with Crippen molar-refractivity contribution >= 4 is 55.2 Å². The number of carbonyl (C=O) groups is 2. The fourth-order valence-electron chi connectivity index (χ4n) is 2.89. The van der Waals surface area contributed by atoms with Gasteiger partial charge in [-0.25, -0.2) is 4.79 Å². The maximum absolute atomic E-state index is 13.0. The molecule has 1 saturated heterocycles. The topological polar surface area (TPSA) is 105 Å². The van der Waals surface area contributed by atoms with Crippen molar-refractivity contribution in [1.29, 1.82) is 5.26 Å². The lowest BCUT2D eigenvalue weighted by Gasteiger charge is -2.07. The quantitative estimate of drug-likeness (QED) is 0.529. The van der Waals surface area contributed by atoms with Gasteiger partial charge in [0.15, 0.2) is 0 Å². The molecule has 0 saturated carbocycles. The minimum atomic E-state index is -0.523. The van der Waals surface area contributed by atoms with Gasteiger partial charge in [0.2, 0.25) is 5.78 Å². The van der Waals surface area contributed by atoms with Crippen LogP contribution in [0, 0.1) is 11.3 Å². The number of thiophene rings is 2. The number of hydrogen-bond donors (Lipinski definition) is 2. The van der Waals surface area contributed by atoms with E-state index in [-0.39, 0.29) is 23.0 Å². The first-order chi connectivity index (χ1) is 12.6. The summed E-state index contributed by atoms with van der Waals surface area (Å²) in [5, 5.41) is 15.5. The minimum absolute atomic E-state index is 0.145. The van der Waals surface area contributed by atoms with E-state index in [4.69, 9.17) is 10.5 Å². The van der Waals surface area contributed by atoms with E-state index in [1.807, 2.05) is 30.3 Å². The Bertz CT molecular complexity index is 1080. The zero-order chi connectivity index (χ0) is 18.3. The van der Waals surface area contributed by atoms with Crippen LogP contribution in [-0.2, 0) is 9.53 Å². The predicted molar refractivity (Wildman–Crippen MR) is 102 cm³/mol. The Balaban J connectivity index is 1.73. The second-order valence-corrected chi connectivity index (χ2v) is 7.72. The van der Waals surface area contributed by atoms with Gasteiger partial charge < -0.3 is 15.8 Å². The molecule has 26 heavy (non-hydrogen) atoms. The molecule has 3 aromatic rings. The number of fused-ring (bicyclic) bond motifs is 1. The van der Waals surface area contributed by atoms with E-state index < -0.39 is 6.04 Å². The zero-order valence-corrected chi connectivity index (χ0v) is 15.1. The third kappa shape index (κ3) is 2.62. The summed E-state index contributed by atoms with van der Waals surface area (Å²) in [5.74, 6) is -0.582. The smallest absolute Gasteiger partial charge is 0.328 e. The number of nitrogens with zero attached hydrogens (tertiary/aromatic N) is 1. The highest BCUT2D eigenvalue weighted by atomic mass is 32.1. The Hall–Kier alpha value is -2.89. The second kappa shape index (κ2) is 6.44. The average Bonchev–Trinajstić information content (AvgIpc) is 3.33. The summed E-state index contributed by atoms with van der Waals surface area (Å²) < 4.78 is 5.94. The SMILES string of the molecule is N#Cc1c(NC2CCOC2=O)sc(C(=O)c2csc3ccccc23)c1N. The van der Waals surface area contributed by atoms with E-state index in [1.54, 1.807) is 5.38 Å². The molecule has 0 bridgehead atoms. The molecule has 1 aliphatic rings. The number of ether oxygens (including phenoxy) is 1. The van der Waals surface area contributed by atoms with E-state index >= 15 is 0 Å². The molecule has 1 aliphatic heterocycles. The monoisotopic (exact) mass is 383 g/mol.